The molecular weight excluding hydrogens is 320 g/mol. The van der Waals surface area contributed by atoms with Gasteiger partial charge in [-0.05, 0) is 38.1 Å². The second-order valence-corrected chi connectivity index (χ2v) is 5.52. The molecule has 1 aromatic carbocycles. The minimum Gasteiger partial charge on any atom is -0.478 e. The average molecular weight is 339 g/mol. The zero-order chi connectivity index (χ0) is 17.6. The Morgan fingerprint density at radius 2 is 1.83 bits per heavy atom. The zero-order valence-corrected chi connectivity index (χ0v) is 13.6. The number of hydrogen-bond donors (Lipinski definition) is 3. The number of nitrogens with zero attached hydrogens (tertiary/aromatic N) is 1. The first kappa shape index (κ1) is 18.7. The lowest BCUT2D eigenvalue weighted by Gasteiger charge is -2.10. The van der Waals surface area contributed by atoms with Gasteiger partial charge in [0, 0.05) is 46.4 Å². The fourth-order valence-corrected chi connectivity index (χ4v) is 2.23. The van der Waals surface area contributed by atoms with E-state index in [9.17, 15) is 9.59 Å². The summed E-state index contributed by atoms with van der Waals surface area (Å²) >= 11 is 5.95. The molecule has 0 aliphatic rings. The van der Waals surface area contributed by atoms with E-state index < -0.39 is 11.9 Å². The maximum Gasteiger partial charge on any atom is 0.328 e. The molecule has 4 N–H and O–H groups in total. The Bertz CT molecular complexity index is 719. The van der Waals surface area contributed by atoms with E-state index in [0.29, 0.717) is 12.2 Å². The molecule has 6 nitrogen and oxygen atoms in total. The first-order chi connectivity index (χ1) is 10.7. The maximum atomic E-state index is 9.55. The van der Waals surface area contributed by atoms with Crippen molar-refractivity contribution in [3.63, 3.8) is 0 Å². The Balaban J connectivity index is 0.000000284. The van der Waals surface area contributed by atoms with Crippen molar-refractivity contribution in [2.45, 2.75) is 26.4 Å². The Kier molecular flexibility index (Phi) is 6.81. The van der Waals surface area contributed by atoms with Crippen LogP contribution < -0.4 is 5.73 Å². The third kappa shape index (κ3) is 6.14. The molecule has 124 valence electrons. The minimum atomic E-state index is -1.26. The van der Waals surface area contributed by atoms with Gasteiger partial charge >= 0.3 is 11.9 Å². The monoisotopic (exact) mass is 338 g/mol. The van der Waals surface area contributed by atoms with Crippen LogP contribution in [0.15, 0.2) is 36.4 Å². The van der Waals surface area contributed by atoms with Gasteiger partial charge in [0.25, 0.3) is 0 Å². The summed E-state index contributed by atoms with van der Waals surface area (Å²) < 4.78 is 2.23. The van der Waals surface area contributed by atoms with Gasteiger partial charge < -0.3 is 20.5 Å². The van der Waals surface area contributed by atoms with Gasteiger partial charge in [0.2, 0.25) is 0 Å². The van der Waals surface area contributed by atoms with Crippen LogP contribution in [0.5, 0.6) is 0 Å². The molecule has 0 spiro atoms. The number of aryl methyl sites for hydroxylation is 1. The van der Waals surface area contributed by atoms with Crippen molar-refractivity contribution in [3.05, 3.63) is 47.1 Å². The van der Waals surface area contributed by atoms with E-state index >= 15 is 0 Å². The third-order valence-electron chi connectivity index (χ3n) is 2.91. The smallest absolute Gasteiger partial charge is 0.328 e. The standard InChI is InChI=1S/C12H15ClN2.C4H4O4/c1-8(14)7-15-9(2)5-10-6-11(13)3-4-12(10)15;5-3(6)1-2-4(7)8/h3-6,8H,7,14H2,1-2H3;1-2H,(H,5,6)(H,7,8)/b;2-1+. The van der Waals surface area contributed by atoms with Crippen LogP contribution in [0.1, 0.15) is 12.6 Å². The van der Waals surface area contributed by atoms with Crippen molar-refractivity contribution in [2.24, 2.45) is 5.73 Å². The summed E-state index contributed by atoms with van der Waals surface area (Å²) in [6, 6.07) is 8.26. The SMILES string of the molecule is Cc1cc2cc(Cl)ccc2n1CC(C)N.O=C(O)/C=C/C(=O)O. The molecule has 1 aromatic heterocycles. The molecule has 1 atom stereocenters. The van der Waals surface area contributed by atoms with Crippen molar-refractivity contribution in [2.75, 3.05) is 0 Å². The topological polar surface area (TPSA) is 106 Å². The molecule has 2 aromatic rings. The van der Waals surface area contributed by atoms with E-state index in [1.54, 1.807) is 0 Å². The summed E-state index contributed by atoms with van der Waals surface area (Å²) in [6.45, 7) is 4.95. The number of rotatable bonds is 4. The van der Waals surface area contributed by atoms with Crippen molar-refractivity contribution >= 4 is 34.4 Å². The van der Waals surface area contributed by atoms with E-state index in [1.165, 1.54) is 16.6 Å². The van der Waals surface area contributed by atoms with Gasteiger partial charge in [-0.25, -0.2) is 9.59 Å². The van der Waals surface area contributed by atoms with Crippen LogP contribution in [0.3, 0.4) is 0 Å². The maximum absolute atomic E-state index is 9.55. The highest BCUT2D eigenvalue weighted by molar-refractivity contribution is 6.31. The number of carbonyl (C=O) groups is 2. The Labute approximate surface area is 138 Å². The van der Waals surface area contributed by atoms with Crippen LogP contribution in [0.2, 0.25) is 5.02 Å². The Hall–Kier alpha value is -2.31. The number of hydrogen-bond acceptors (Lipinski definition) is 3. The van der Waals surface area contributed by atoms with E-state index in [0.717, 1.165) is 11.6 Å². The summed E-state index contributed by atoms with van der Waals surface area (Å²) in [7, 11) is 0. The summed E-state index contributed by atoms with van der Waals surface area (Å²) in [5.41, 5.74) is 8.26. The second-order valence-electron chi connectivity index (χ2n) is 5.09. The number of aliphatic carboxylic acids is 2. The summed E-state index contributed by atoms with van der Waals surface area (Å²) in [5.74, 6) is -2.51. The molecule has 0 radical (unpaired) electrons. The van der Waals surface area contributed by atoms with E-state index in [1.807, 2.05) is 25.1 Å². The number of fused-ring (bicyclic) bond motifs is 1. The molecule has 2 rings (SSSR count). The van der Waals surface area contributed by atoms with Gasteiger partial charge in [-0.1, -0.05) is 11.6 Å². The predicted octanol–water partition coefficient (Wildman–Crippen LogP) is 2.66. The van der Waals surface area contributed by atoms with Gasteiger partial charge in [-0.15, -0.1) is 0 Å². The highest BCUT2D eigenvalue weighted by atomic mass is 35.5. The Morgan fingerprint density at radius 1 is 1.26 bits per heavy atom. The number of benzene rings is 1. The molecule has 0 aliphatic carbocycles. The lowest BCUT2D eigenvalue weighted by atomic mass is 10.2. The van der Waals surface area contributed by atoms with Crippen LogP contribution >= 0.6 is 11.6 Å². The van der Waals surface area contributed by atoms with Crippen molar-refractivity contribution < 1.29 is 19.8 Å². The first-order valence-electron chi connectivity index (χ1n) is 6.85. The van der Waals surface area contributed by atoms with Crippen LogP contribution in [0.4, 0.5) is 0 Å². The average Bonchev–Trinajstić information content (AvgIpc) is 2.72. The van der Waals surface area contributed by atoms with E-state index in [-0.39, 0.29) is 6.04 Å². The fraction of sp³-hybridized carbons (Fsp3) is 0.250. The molecule has 0 bridgehead atoms. The lowest BCUT2D eigenvalue weighted by Crippen LogP contribution is -2.22. The molecular formula is C16H19ClN2O4. The number of carboxylic acid groups (broad SMARTS) is 2. The number of carboxylic acids is 2. The zero-order valence-electron chi connectivity index (χ0n) is 12.9. The summed E-state index contributed by atoms with van der Waals surface area (Å²) in [6.07, 6.45) is 1.12. The van der Waals surface area contributed by atoms with Crippen LogP contribution in [0, 0.1) is 6.92 Å². The molecule has 23 heavy (non-hydrogen) atoms. The van der Waals surface area contributed by atoms with Crippen LogP contribution in [0.25, 0.3) is 10.9 Å². The largest absolute Gasteiger partial charge is 0.478 e. The highest BCUT2D eigenvalue weighted by Crippen LogP contribution is 2.23. The number of nitrogens with two attached hydrogens (primary N) is 1. The number of aromatic nitrogens is 1. The molecule has 1 unspecified atom stereocenters. The summed E-state index contributed by atoms with van der Waals surface area (Å²) in [4.78, 5) is 19.1. The lowest BCUT2D eigenvalue weighted by molar-refractivity contribution is -0.134. The predicted molar refractivity (Wildman–Crippen MR) is 89.7 cm³/mol. The molecule has 1 heterocycles. The highest BCUT2D eigenvalue weighted by Gasteiger charge is 2.07. The molecule has 0 saturated carbocycles. The van der Waals surface area contributed by atoms with Gasteiger partial charge in [0.15, 0.2) is 0 Å². The van der Waals surface area contributed by atoms with Gasteiger partial charge in [-0.3, -0.25) is 0 Å². The van der Waals surface area contributed by atoms with Crippen LogP contribution in [-0.2, 0) is 16.1 Å². The quantitative estimate of drug-likeness (QED) is 0.743. The first-order valence-corrected chi connectivity index (χ1v) is 7.23. The summed E-state index contributed by atoms with van der Waals surface area (Å²) in [5, 5.41) is 17.6. The Morgan fingerprint density at radius 3 is 2.30 bits per heavy atom. The van der Waals surface area contributed by atoms with Gasteiger partial charge in [0.1, 0.15) is 0 Å². The van der Waals surface area contributed by atoms with Crippen molar-refractivity contribution in [3.8, 4) is 0 Å². The molecule has 0 amide bonds. The molecule has 0 aliphatic heterocycles. The molecule has 0 fully saturated rings. The van der Waals surface area contributed by atoms with Crippen molar-refractivity contribution in [1.82, 2.24) is 4.57 Å². The number of halogens is 1. The van der Waals surface area contributed by atoms with E-state index in [2.05, 4.69) is 17.6 Å². The van der Waals surface area contributed by atoms with Gasteiger partial charge in [0.05, 0.1) is 0 Å². The third-order valence-corrected chi connectivity index (χ3v) is 3.14. The van der Waals surface area contributed by atoms with Gasteiger partial charge in [-0.2, -0.15) is 0 Å². The fourth-order valence-electron chi connectivity index (χ4n) is 2.05. The van der Waals surface area contributed by atoms with Crippen molar-refractivity contribution in [1.29, 1.82) is 0 Å². The molecule has 0 saturated heterocycles. The second kappa shape index (κ2) is 8.36. The normalized spacial score (nSPS) is 12.0. The molecule has 7 heteroatoms. The van der Waals surface area contributed by atoms with Crippen LogP contribution in [-0.4, -0.2) is 32.8 Å². The minimum absolute atomic E-state index is 0.162. The van der Waals surface area contributed by atoms with E-state index in [4.69, 9.17) is 27.5 Å².